The Morgan fingerprint density at radius 3 is 2.67 bits per heavy atom. The van der Waals surface area contributed by atoms with Crippen LogP contribution in [0.5, 0.6) is 0 Å². The zero-order valence-electron chi connectivity index (χ0n) is 13.4. The number of hydrogen-bond donors (Lipinski definition) is 1. The smallest absolute Gasteiger partial charge is 0.407 e. The maximum atomic E-state index is 11.7. The van der Waals surface area contributed by atoms with Gasteiger partial charge in [-0.3, -0.25) is 0 Å². The molecule has 0 aliphatic rings. The summed E-state index contributed by atoms with van der Waals surface area (Å²) in [5.41, 5.74) is 0.690. The fourth-order valence-corrected chi connectivity index (χ4v) is 2.42. The lowest BCUT2D eigenvalue weighted by Gasteiger charge is -2.23. The molecular weight excluding hydrogens is 288 g/mol. The molecule has 0 spiro atoms. The van der Waals surface area contributed by atoms with Crippen LogP contribution in [0.25, 0.3) is 0 Å². The van der Waals surface area contributed by atoms with E-state index in [0.717, 1.165) is 18.4 Å². The topological polar surface area (TPSA) is 51.2 Å². The molecule has 0 saturated carbocycles. The maximum absolute atomic E-state index is 11.7. The summed E-state index contributed by atoms with van der Waals surface area (Å²) in [4.78, 5) is 15.7. The first-order valence-electron chi connectivity index (χ1n) is 7.25. The second-order valence-corrected chi connectivity index (χ2v) is 6.97. The lowest BCUT2D eigenvalue weighted by atomic mass is 9.95. The average Bonchev–Trinajstić information content (AvgIpc) is 2.24. The van der Waals surface area contributed by atoms with Crippen LogP contribution in [-0.4, -0.2) is 22.7 Å². The summed E-state index contributed by atoms with van der Waals surface area (Å²) in [7, 11) is 0. The number of carbonyl (C=O) groups excluding carboxylic acids is 1. The standard InChI is InChI=1S/C16H25ClN2O2/c1-11(9-13-6-7-18-14(17)10-13)8-12(2)19-15(20)21-16(3,4)5/h6-7,10-12H,8-9H2,1-5H3,(H,19,20). The molecule has 0 aromatic carbocycles. The highest BCUT2D eigenvalue weighted by atomic mass is 35.5. The highest BCUT2D eigenvalue weighted by molar-refractivity contribution is 6.29. The van der Waals surface area contributed by atoms with Crippen LogP contribution in [0.15, 0.2) is 18.3 Å². The van der Waals surface area contributed by atoms with Crippen LogP contribution < -0.4 is 5.32 Å². The first kappa shape index (κ1) is 17.8. The number of nitrogens with zero attached hydrogens (tertiary/aromatic N) is 1. The molecule has 1 aromatic heterocycles. The molecule has 0 fully saturated rings. The van der Waals surface area contributed by atoms with E-state index in [-0.39, 0.29) is 12.1 Å². The Morgan fingerprint density at radius 1 is 1.43 bits per heavy atom. The van der Waals surface area contributed by atoms with Gasteiger partial charge in [0.05, 0.1) is 0 Å². The molecule has 0 radical (unpaired) electrons. The van der Waals surface area contributed by atoms with Gasteiger partial charge in [0.15, 0.2) is 0 Å². The van der Waals surface area contributed by atoms with Crippen LogP contribution in [0, 0.1) is 5.92 Å². The molecule has 5 heteroatoms. The first-order chi connectivity index (χ1) is 9.65. The summed E-state index contributed by atoms with van der Waals surface area (Å²) >= 11 is 5.88. The fraction of sp³-hybridized carbons (Fsp3) is 0.625. The molecular formula is C16H25ClN2O2. The second-order valence-electron chi connectivity index (χ2n) is 6.58. The zero-order valence-corrected chi connectivity index (χ0v) is 14.2. The van der Waals surface area contributed by atoms with Crippen molar-refractivity contribution < 1.29 is 9.53 Å². The summed E-state index contributed by atoms with van der Waals surface area (Å²) in [6, 6.07) is 3.91. The summed E-state index contributed by atoms with van der Waals surface area (Å²) in [5, 5.41) is 3.38. The normalized spacial score (nSPS) is 14.4. The number of halogens is 1. The lowest BCUT2D eigenvalue weighted by molar-refractivity contribution is 0.0503. The van der Waals surface area contributed by atoms with Gasteiger partial charge in [-0.15, -0.1) is 0 Å². The van der Waals surface area contributed by atoms with Gasteiger partial charge in [-0.2, -0.15) is 0 Å². The Kier molecular flexibility index (Phi) is 6.46. The third-order valence-corrected chi connectivity index (χ3v) is 3.10. The quantitative estimate of drug-likeness (QED) is 0.828. The maximum Gasteiger partial charge on any atom is 0.407 e. The van der Waals surface area contributed by atoms with Crippen molar-refractivity contribution in [2.75, 3.05) is 0 Å². The Labute approximate surface area is 132 Å². The molecule has 1 heterocycles. The molecule has 1 rings (SSSR count). The van der Waals surface area contributed by atoms with Gasteiger partial charge in [0.25, 0.3) is 0 Å². The molecule has 1 N–H and O–H groups in total. The van der Waals surface area contributed by atoms with Gasteiger partial charge in [0, 0.05) is 12.2 Å². The third-order valence-electron chi connectivity index (χ3n) is 2.89. The Morgan fingerprint density at radius 2 is 2.10 bits per heavy atom. The van der Waals surface area contributed by atoms with Gasteiger partial charge >= 0.3 is 6.09 Å². The fourth-order valence-electron chi connectivity index (χ4n) is 2.23. The van der Waals surface area contributed by atoms with E-state index >= 15 is 0 Å². The minimum atomic E-state index is -0.469. The average molecular weight is 313 g/mol. The SMILES string of the molecule is CC(Cc1ccnc(Cl)c1)CC(C)NC(=O)OC(C)(C)C. The van der Waals surface area contributed by atoms with Gasteiger partial charge in [-0.05, 0) is 64.2 Å². The molecule has 2 atom stereocenters. The minimum Gasteiger partial charge on any atom is -0.444 e. The number of nitrogens with one attached hydrogen (secondary N) is 1. The predicted octanol–water partition coefficient (Wildman–Crippen LogP) is 4.22. The second kappa shape index (κ2) is 7.64. The molecule has 118 valence electrons. The van der Waals surface area contributed by atoms with Crippen LogP contribution in [0.2, 0.25) is 5.15 Å². The van der Waals surface area contributed by atoms with Crippen molar-refractivity contribution in [1.82, 2.24) is 10.3 Å². The highest BCUT2D eigenvalue weighted by Crippen LogP contribution is 2.16. The largest absolute Gasteiger partial charge is 0.444 e. The van der Waals surface area contributed by atoms with Gasteiger partial charge in [0.1, 0.15) is 10.8 Å². The molecule has 0 saturated heterocycles. The van der Waals surface area contributed by atoms with E-state index in [1.165, 1.54) is 0 Å². The van der Waals surface area contributed by atoms with Crippen molar-refractivity contribution in [2.24, 2.45) is 5.92 Å². The van der Waals surface area contributed by atoms with E-state index in [0.29, 0.717) is 11.1 Å². The summed E-state index contributed by atoms with van der Waals surface area (Å²) in [5.74, 6) is 0.424. The molecule has 0 aliphatic heterocycles. The predicted molar refractivity (Wildman–Crippen MR) is 85.6 cm³/mol. The number of rotatable bonds is 5. The van der Waals surface area contributed by atoms with Crippen molar-refractivity contribution in [2.45, 2.75) is 59.1 Å². The third kappa shape index (κ3) is 7.90. The van der Waals surface area contributed by atoms with Gasteiger partial charge in [-0.25, -0.2) is 9.78 Å². The van der Waals surface area contributed by atoms with E-state index < -0.39 is 5.60 Å². The number of amides is 1. The molecule has 0 aliphatic carbocycles. The lowest BCUT2D eigenvalue weighted by Crippen LogP contribution is -2.38. The van der Waals surface area contributed by atoms with Crippen molar-refractivity contribution in [3.8, 4) is 0 Å². The van der Waals surface area contributed by atoms with Crippen LogP contribution in [-0.2, 0) is 11.2 Å². The number of pyridine rings is 1. The number of alkyl carbamates (subject to hydrolysis) is 1. The Hall–Kier alpha value is -1.29. The van der Waals surface area contributed by atoms with Crippen molar-refractivity contribution >= 4 is 17.7 Å². The zero-order chi connectivity index (χ0) is 16.0. The first-order valence-corrected chi connectivity index (χ1v) is 7.63. The minimum absolute atomic E-state index is 0.0622. The van der Waals surface area contributed by atoms with Crippen molar-refractivity contribution in [1.29, 1.82) is 0 Å². The van der Waals surface area contributed by atoms with E-state index in [1.807, 2.05) is 39.8 Å². The molecule has 4 nitrogen and oxygen atoms in total. The molecule has 1 amide bonds. The Bertz CT molecular complexity index is 472. The van der Waals surface area contributed by atoms with Gasteiger partial charge in [-0.1, -0.05) is 18.5 Å². The van der Waals surface area contributed by atoms with Crippen molar-refractivity contribution in [3.63, 3.8) is 0 Å². The van der Waals surface area contributed by atoms with Crippen LogP contribution in [0.1, 0.15) is 46.6 Å². The number of ether oxygens (including phenoxy) is 1. The van der Waals surface area contributed by atoms with Crippen LogP contribution in [0.3, 0.4) is 0 Å². The van der Waals surface area contributed by atoms with Crippen LogP contribution in [0.4, 0.5) is 4.79 Å². The summed E-state index contributed by atoms with van der Waals surface area (Å²) < 4.78 is 5.25. The number of hydrogen-bond acceptors (Lipinski definition) is 3. The highest BCUT2D eigenvalue weighted by Gasteiger charge is 2.18. The summed E-state index contributed by atoms with van der Waals surface area (Å²) in [6.07, 6.45) is 3.13. The molecule has 1 aromatic rings. The number of carbonyl (C=O) groups is 1. The van der Waals surface area contributed by atoms with Gasteiger partial charge < -0.3 is 10.1 Å². The molecule has 0 bridgehead atoms. The van der Waals surface area contributed by atoms with E-state index in [9.17, 15) is 4.79 Å². The number of aromatic nitrogens is 1. The molecule has 2 unspecified atom stereocenters. The van der Waals surface area contributed by atoms with E-state index in [4.69, 9.17) is 16.3 Å². The summed E-state index contributed by atoms with van der Waals surface area (Å²) in [6.45, 7) is 9.70. The van der Waals surface area contributed by atoms with E-state index in [1.54, 1.807) is 6.20 Å². The van der Waals surface area contributed by atoms with E-state index in [2.05, 4.69) is 17.2 Å². The van der Waals surface area contributed by atoms with Crippen molar-refractivity contribution in [3.05, 3.63) is 29.0 Å². The van der Waals surface area contributed by atoms with Gasteiger partial charge in [0.2, 0.25) is 0 Å². The molecule has 21 heavy (non-hydrogen) atoms. The van der Waals surface area contributed by atoms with Crippen LogP contribution >= 0.6 is 11.6 Å². The monoisotopic (exact) mass is 312 g/mol. The Balaban J connectivity index is 2.40.